The number of hydrogen-bond acceptors (Lipinski definition) is 3. The molecule has 1 N–H and O–H groups in total. The number of nitrogens with one attached hydrogen (secondary N) is 1. The van der Waals surface area contributed by atoms with Gasteiger partial charge < -0.3 is 15.1 Å². The van der Waals surface area contributed by atoms with Crippen LogP contribution in [0.2, 0.25) is 0 Å². The zero-order chi connectivity index (χ0) is 16.3. The van der Waals surface area contributed by atoms with E-state index in [1.165, 1.54) is 0 Å². The van der Waals surface area contributed by atoms with Gasteiger partial charge in [0.1, 0.15) is 0 Å². The van der Waals surface area contributed by atoms with Gasteiger partial charge in [-0.1, -0.05) is 0 Å². The Morgan fingerprint density at radius 2 is 1.73 bits per heavy atom. The first-order valence-corrected chi connectivity index (χ1v) is 7.89. The number of likely N-dealkylation sites (N-methyl/N-ethyl adjacent to an activating group) is 1. The van der Waals surface area contributed by atoms with Crippen LogP contribution in [0.25, 0.3) is 0 Å². The van der Waals surface area contributed by atoms with Crippen LogP contribution in [0, 0.1) is 11.8 Å². The molecule has 22 heavy (non-hydrogen) atoms. The molecule has 2 aliphatic rings. The molecule has 2 fully saturated rings. The summed E-state index contributed by atoms with van der Waals surface area (Å²) in [6.45, 7) is 2.22. The van der Waals surface area contributed by atoms with Gasteiger partial charge in [0, 0.05) is 52.0 Å². The van der Waals surface area contributed by atoms with E-state index in [2.05, 4.69) is 5.32 Å². The summed E-state index contributed by atoms with van der Waals surface area (Å²) in [6.07, 6.45) is 0.0532. The molecule has 126 valence electrons. The summed E-state index contributed by atoms with van der Waals surface area (Å²) < 4.78 is 26.5. The van der Waals surface area contributed by atoms with E-state index < -0.39 is 5.92 Å². The van der Waals surface area contributed by atoms with Crippen LogP contribution in [0.3, 0.4) is 0 Å². The van der Waals surface area contributed by atoms with Gasteiger partial charge in [-0.15, -0.1) is 0 Å². The summed E-state index contributed by atoms with van der Waals surface area (Å²) >= 11 is 0. The van der Waals surface area contributed by atoms with Crippen LogP contribution in [0.5, 0.6) is 0 Å². The average Bonchev–Trinajstić information content (AvgIpc) is 2.68. The molecule has 5 nitrogen and oxygen atoms in total. The minimum absolute atomic E-state index is 0.0697. The maximum Gasteiger partial charge on any atom is 0.248 e. The molecule has 0 aromatic rings. The summed E-state index contributed by atoms with van der Waals surface area (Å²) in [4.78, 5) is 28.3. The van der Waals surface area contributed by atoms with Crippen molar-refractivity contribution in [2.45, 2.75) is 31.6 Å². The van der Waals surface area contributed by atoms with Crippen molar-refractivity contribution in [1.82, 2.24) is 15.1 Å². The smallest absolute Gasteiger partial charge is 0.248 e. The van der Waals surface area contributed by atoms with E-state index >= 15 is 0 Å². The van der Waals surface area contributed by atoms with Gasteiger partial charge in [0.25, 0.3) is 0 Å². The number of alkyl halides is 2. The fourth-order valence-electron chi connectivity index (χ4n) is 3.29. The van der Waals surface area contributed by atoms with Crippen LogP contribution in [-0.4, -0.2) is 67.8 Å². The van der Waals surface area contributed by atoms with E-state index in [-0.39, 0.29) is 49.3 Å². The highest BCUT2D eigenvalue weighted by Crippen LogP contribution is 2.37. The molecular formula is C15H25F2N3O2. The van der Waals surface area contributed by atoms with Crippen LogP contribution < -0.4 is 5.32 Å². The van der Waals surface area contributed by atoms with Gasteiger partial charge in [-0.25, -0.2) is 8.78 Å². The molecule has 1 saturated carbocycles. The Balaban J connectivity index is 2.00. The highest BCUT2D eigenvalue weighted by atomic mass is 19.3. The number of amides is 2. The van der Waals surface area contributed by atoms with Crippen LogP contribution in [0.1, 0.15) is 25.7 Å². The second kappa shape index (κ2) is 6.89. The Bertz CT molecular complexity index is 421. The van der Waals surface area contributed by atoms with E-state index in [9.17, 15) is 18.4 Å². The van der Waals surface area contributed by atoms with E-state index in [1.807, 2.05) is 11.9 Å². The molecule has 2 rings (SSSR count). The van der Waals surface area contributed by atoms with Gasteiger partial charge in [-0.2, -0.15) is 0 Å². The van der Waals surface area contributed by atoms with Crippen LogP contribution in [0.4, 0.5) is 8.78 Å². The second-order valence-electron chi connectivity index (χ2n) is 6.49. The summed E-state index contributed by atoms with van der Waals surface area (Å²) in [6, 6.07) is 0. The third kappa shape index (κ3) is 4.15. The van der Waals surface area contributed by atoms with Gasteiger partial charge in [0.15, 0.2) is 0 Å². The van der Waals surface area contributed by atoms with E-state index in [1.54, 1.807) is 11.9 Å². The number of carbonyl (C=O) groups is 2. The van der Waals surface area contributed by atoms with Crippen molar-refractivity contribution < 1.29 is 18.4 Å². The zero-order valence-electron chi connectivity index (χ0n) is 13.3. The molecular weight excluding hydrogens is 292 g/mol. The van der Waals surface area contributed by atoms with Gasteiger partial charge in [0.2, 0.25) is 17.7 Å². The van der Waals surface area contributed by atoms with Gasteiger partial charge in [0.05, 0.1) is 5.92 Å². The minimum Gasteiger partial charge on any atom is -0.359 e. The lowest BCUT2D eigenvalue weighted by Crippen LogP contribution is -2.44. The minimum atomic E-state index is -2.62. The van der Waals surface area contributed by atoms with Crippen molar-refractivity contribution in [1.29, 1.82) is 0 Å². The van der Waals surface area contributed by atoms with Crippen LogP contribution >= 0.6 is 0 Å². The molecule has 0 spiro atoms. The van der Waals surface area contributed by atoms with Crippen molar-refractivity contribution in [3.63, 3.8) is 0 Å². The van der Waals surface area contributed by atoms with Gasteiger partial charge in [-0.05, 0) is 19.9 Å². The molecule has 1 heterocycles. The third-order valence-electron chi connectivity index (χ3n) is 4.72. The topological polar surface area (TPSA) is 52.7 Å². The van der Waals surface area contributed by atoms with E-state index in [0.717, 1.165) is 0 Å². The Morgan fingerprint density at radius 1 is 1.09 bits per heavy atom. The lowest BCUT2D eigenvalue weighted by Gasteiger charge is -2.32. The molecule has 0 aromatic carbocycles. The quantitative estimate of drug-likeness (QED) is 0.825. The van der Waals surface area contributed by atoms with Crippen molar-refractivity contribution >= 4 is 11.8 Å². The van der Waals surface area contributed by atoms with Crippen molar-refractivity contribution in [2.75, 3.05) is 40.3 Å². The lowest BCUT2D eigenvalue weighted by atomic mass is 9.85. The number of halogens is 2. The standard InChI is InChI=1S/C15H25F2N3O2/c1-18-13(21)12-9-19(2)7-8-20(10-12)14(22)11-3-5-15(16,17)6-4-11/h11-12H,3-10H2,1-2H3,(H,18,21)/t12-/m1/s1. The first-order chi connectivity index (χ1) is 10.3. The first kappa shape index (κ1) is 17.1. The molecule has 1 atom stereocenters. The van der Waals surface area contributed by atoms with Gasteiger partial charge >= 0.3 is 0 Å². The fourth-order valence-corrected chi connectivity index (χ4v) is 3.29. The first-order valence-electron chi connectivity index (χ1n) is 7.89. The summed E-state index contributed by atoms with van der Waals surface area (Å²) in [5, 5.41) is 2.63. The summed E-state index contributed by atoms with van der Waals surface area (Å²) in [7, 11) is 3.51. The highest BCUT2D eigenvalue weighted by Gasteiger charge is 2.39. The highest BCUT2D eigenvalue weighted by molar-refractivity contribution is 5.82. The Hall–Kier alpha value is -1.24. The Morgan fingerprint density at radius 3 is 2.32 bits per heavy atom. The molecule has 0 radical (unpaired) electrons. The lowest BCUT2D eigenvalue weighted by molar-refractivity contribution is -0.140. The number of rotatable bonds is 2. The fraction of sp³-hybridized carbons (Fsp3) is 0.867. The summed E-state index contributed by atoms with van der Waals surface area (Å²) in [5.41, 5.74) is 0. The monoisotopic (exact) mass is 317 g/mol. The molecule has 0 bridgehead atoms. The molecule has 2 amide bonds. The van der Waals surface area contributed by atoms with Crippen molar-refractivity contribution in [2.24, 2.45) is 11.8 Å². The zero-order valence-corrected chi connectivity index (χ0v) is 13.3. The van der Waals surface area contributed by atoms with E-state index in [0.29, 0.717) is 26.2 Å². The molecule has 7 heteroatoms. The number of carbonyl (C=O) groups excluding carboxylic acids is 2. The molecule has 1 aliphatic heterocycles. The number of hydrogen-bond donors (Lipinski definition) is 1. The van der Waals surface area contributed by atoms with Gasteiger partial charge in [-0.3, -0.25) is 9.59 Å². The molecule has 0 unspecified atom stereocenters. The van der Waals surface area contributed by atoms with E-state index in [4.69, 9.17) is 0 Å². The predicted molar refractivity (Wildman–Crippen MR) is 78.5 cm³/mol. The SMILES string of the molecule is CNC(=O)[C@@H]1CN(C)CCN(C(=O)C2CCC(F)(F)CC2)C1. The maximum absolute atomic E-state index is 13.2. The predicted octanol–water partition coefficient (Wildman–Crippen LogP) is 0.948. The third-order valence-corrected chi connectivity index (χ3v) is 4.72. The van der Waals surface area contributed by atoms with Crippen LogP contribution in [-0.2, 0) is 9.59 Å². The molecule has 1 saturated heterocycles. The number of nitrogens with zero attached hydrogens (tertiary/aromatic N) is 2. The van der Waals surface area contributed by atoms with Crippen molar-refractivity contribution in [3.05, 3.63) is 0 Å². The van der Waals surface area contributed by atoms with Crippen molar-refractivity contribution in [3.8, 4) is 0 Å². The maximum atomic E-state index is 13.2. The second-order valence-corrected chi connectivity index (χ2v) is 6.49. The molecule has 1 aliphatic carbocycles. The summed E-state index contributed by atoms with van der Waals surface area (Å²) in [5.74, 6) is -3.37. The van der Waals surface area contributed by atoms with Crippen LogP contribution in [0.15, 0.2) is 0 Å². The Labute approximate surface area is 130 Å². The Kier molecular flexibility index (Phi) is 5.36. The average molecular weight is 317 g/mol. The molecule has 0 aromatic heterocycles. The largest absolute Gasteiger partial charge is 0.359 e. The normalized spacial score (nSPS) is 27.3.